The Balaban J connectivity index is 2.15. The number of halogens is 1. The third kappa shape index (κ3) is 3.62. The van der Waals surface area contributed by atoms with Gasteiger partial charge in [-0.05, 0) is 75.0 Å². The van der Waals surface area contributed by atoms with Gasteiger partial charge in [0, 0.05) is 4.83 Å². The van der Waals surface area contributed by atoms with Gasteiger partial charge >= 0.3 is 0 Å². The van der Waals surface area contributed by atoms with Crippen LogP contribution in [0, 0.1) is 32.6 Å². The van der Waals surface area contributed by atoms with Crippen molar-refractivity contribution in [3.8, 4) is 0 Å². The van der Waals surface area contributed by atoms with Gasteiger partial charge in [0.15, 0.2) is 0 Å². The van der Waals surface area contributed by atoms with Crippen LogP contribution in [0.3, 0.4) is 0 Å². The van der Waals surface area contributed by atoms with E-state index in [-0.39, 0.29) is 0 Å². The first kappa shape index (κ1) is 15.1. The molecule has 106 valence electrons. The van der Waals surface area contributed by atoms with Gasteiger partial charge in [0.1, 0.15) is 0 Å². The van der Waals surface area contributed by atoms with Crippen molar-refractivity contribution in [2.45, 2.75) is 64.6 Å². The zero-order valence-corrected chi connectivity index (χ0v) is 14.4. The SMILES string of the molecule is CCC1CCC(Br)C(Cc2c(C)cc(C)cc2C)C1. The number of hydrogen-bond donors (Lipinski definition) is 0. The first-order valence-corrected chi connectivity index (χ1v) is 8.63. The quantitative estimate of drug-likeness (QED) is 0.622. The van der Waals surface area contributed by atoms with Crippen LogP contribution < -0.4 is 0 Å². The highest BCUT2D eigenvalue weighted by Crippen LogP contribution is 2.38. The van der Waals surface area contributed by atoms with E-state index < -0.39 is 0 Å². The molecule has 1 aliphatic rings. The maximum absolute atomic E-state index is 3.93. The van der Waals surface area contributed by atoms with E-state index in [1.54, 1.807) is 5.56 Å². The molecule has 1 heteroatoms. The predicted octanol–water partition coefficient (Wildman–Crippen LogP) is 5.74. The molecule has 1 saturated carbocycles. The molecule has 0 heterocycles. The molecular formula is C18H27Br. The highest BCUT2D eigenvalue weighted by atomic mass is 79.9. The molecule has 0 nitrogen and oxygen atoms in total. The second-order valence-electron chi connectivity index (χ2n) is 6.44. The smallest absolute Gasteiger partial charge is 0.0177 e. The summed E-state index contributed by atoms with van der Waals surface area (Å²) in [5.41, 5.74) is 5.95. The number of benzene rings is 1. The Morgan fingerprint density at radius 1 is 1.11 bits per heavy atom. The molecule has 3 atom stereocenters. The Bertz CT molecular complexity index is 412. The van der Waals surface area contributed by atoms with Crippen LogP contribution in [0.4, 0.5) is 0 Å². The van der Waals surface area contributed by atoms with Crippen molar-refractivity contribution in [1.82, 2.24) is 0 Å². The Hall–Kier alpha value is -0.300. The second-order valence-corrected chi connectivity index (χ2v) is 7.62. The van der Waals surface area contributed by atoms with Crippen molar-refractivity contribution in [3.05, 3.63) is 34.4 Å². The Labute approximate surface area is 127 Å². The summed E-state index contributed by atoms with van der Waals surface area (Å²) in [6, 6.07) is 4.68. The molecule has 0 radical (unpaired) electrons. The molecule has 1 aliphatic carbocycles. The summed E-state index contributed by atoms with van der Waals surface area (Å²) in [6.45, 7) is 9.10. The van der Waals surface area contributed by atoms with Crippen LogP contribution in [0.5, 0.6) is 0 Å². The van der Waals surface area contributed by atoms with Crippen molar-refractivity contribution >= 4 is 15.9 Å². The maximum Gasteiger partial charge on any atom is 0.0177 e. The molecule has 0 N–H and O–H groups in total. The monoisotopic (exact) mass is 322 g/mol. The summed E-state index contributed by atoms with van der Waals surface area (Å²) in [5.74, 6) is 1.77. The fraction of sp³-hybridized carbons (Fsp3) is 0.667. The molecular weight excluding hydrogens is 296 g/mol. The molecule has 0 saturated heterocycles. The maximum atomic E-state index is 3.93. The van der Waals surface area contributed by atoms with E-state index in [2.05, 4.69) is 55.8 Å². The van der Waals surface area contributed by atoms with Gasteiger partial charge in [-0.15, -0.1) is 0 Å². The van der Waals surface area contributed by atoms with Gasteiger partial charge in [0.2, 0.25) is 0 Å². The lowest BCUT2D eigenvalue weighted by Gasteiger charge is -2.33. The van der Waals surface area contributed by atoms with Crippen molar-refractivity contribution in [2.24, 2.45) is 11.8 Å². The molecule has 19 heavy (non-hydrogen) atoms. The Morgan fingerprint density at radius 2 is 1.74 bits per heavy atom. The fourth-order valence-corrected chi connectivity index (χ4v) is 4.37. The Kier molecular flexibility index (Phi) is 5.11. The van der Waals surface area contributed by atoms with E-state index in [9.17, 15) is 0 Å². The third-order valence-corrected chi connectivity index (χ3v) is 6.09. The molecule has 1 aromatic rings. The summed E-state index contributed by atoms with van der Waals surface area (Å²) >= 11 is 3.93. The minimum atomic E-state index is 0.718. The predicted molar refractivity (Wildman–Crippen MR) is 88.2 cm³/mol. The standard InChI is InChI=1S/C18H27Br/c1-5-15-6-7-18(19)16(10-15)11-17-13(3)8-12(2)9-14(17)4/h8-9,15-16,18H,5-7,10-11H2,1-4H3. The first-order chi connectivity index (χ1) is 9.01. The van der Waals surface area contributed by atoms with Crippen molar-refractivity contribution < 1.29 is 0 Å². The summed E-state index contributed by atoms with van der Waals surface area (Å²) in [6.07, 6.45) is 6.77. The van der Waals surface area contributed by atoms with Crippen LogP contribution in [-0.2, 0) is 6.42 Å². The zero-order chi connectivity index (χ0) is 14.0. The van der Waals surface area contributed by atoms with Crippen LogP contribution in [0.25, 0.3) is 0 Å². The van der Waals surface area contributed by atoms with Crippen LogP contribution in [0.2, 0.25) is 0 Å². The molecule has 3 unspecified atom stereocenters. The van der Waals surface area contributed by atoms with Gasteiger partial charge < -0.3 is 0 Å². The highest BCUT2D eigenvalue weighted by molar-refractivity contribution is 9.09. The number of hydrogen-bond acceptors (Lipinski definition) is 0. The largest absolute Gasteiger partial charge is 0.0888 e. The van der Waals surface area contributed by atoms with Crippen LogP contribution in [0.15, 0.2) is 12.1 Å². The van der Waals surface area contributed by atoms with Gasteiger partial charge in [-0.25, -0.2) is 0 Å². The van der Waals surface area contributed by atoms with Crippen LogP contribution >= 0.6 is 15.9 Å². The summed E-state index contributed by atoms with van der Waals surface area (Å²) in [4.78, 5) is 0.718. The molecule has 0 amide bonds. The average Bonchev–Trinajstić information content (AvgIpc) is 2.35. The third-order valence-electron chi connectivity index (χ3n) is 4.88. The molecule has 2 rings (SSSR count). The molecule has 1 aromatic carbocycles. The lowest BCUT2D eigenvalue weighted by molar-refractivity contribution is 0.270. The van der Waals surface area contributed by atoms with E-state index in [0.29, 0.717) is 0 Å². The van der Waals surface area contributed by atoms with Gasteiger partial charge in [0.25, 0.3) is 0 Å². The minimum absolute atomic E-state index is 0.718. The second kappa shape index (κ2) is 6.43. The van der Waals surface area contributed by atoms with E-state index in [1.807, 2.05) is 0 Å². The van der Waals surface area contributed by atoms with Gasteiger partial charge in [-0.1, -0.05) is 47.0 Å². The molecule has 1 fully saturated rings. The molecule has 0 aromatic heterocycles. The number of aryl methyl sites for hydroxylation is 3. The normalized spacial score (nSPS) is 27.5. The first-order valence-electron chi connectivity index (χ1n) is 7.72. The van der Waals surface area contributed by atoms with E-state index >= 15 is 0 Å². The van der Waals surface area contributed by atoms with Gasteiger partial charge in [-0.3, -0.25) is 0 Å². The van der Waals surface area contributed by atoms with E-state index in [0.717, 1.165) is 16.7 Å². The number of alkyl halides is 1. The van der Waals surface area contributed by atoms with Crippen molar-refractivity contribution in [2.75, 3.05) is 0 Å². The van der Waals surface area contributed by atoms with Crippen LogP contribution in [0.1, 0.15) is 54.9 Å². The lowest BCUT2D eigenvalue weighted by atomic mass is 9.76. The van der Waals surface area contributed by atoms with Crippen molar-refractivity contribution in [3.63, 3.8) is 0 Å². The summed E-state index contributed by atoms with van der Waals surface area (Å²) in [5, 5.41) is 0. The molecule has 0 spiro atoms. The number of rotatable bonds is 3. The highest BCUT2D eigenvalue weighted by Gasteiger charge is 2.28. The van der Waals surface area contributed by atoms with Crippen LogP contribution in [-0.4, -0.2) is 4.83 Å². The van der Waals surface area contributed by atoms with Crippen molar-refractivity contribution in [1.29, 1.82) is 0 Å². The topological polar surface area (TPSA) is 0 Å². The minimum Gasteiger partial charge on any atom is -0.0888 e. The van der Waals surface area contributed by atoms with Gasteiger partial charge in [-0.2, -0.15) is 0 Å². The van der Waals surface area contributed by atoms with E-state index in [4.69, 9.17) is 0 Å². The zero-order valence-electron chi connectivity index (χ0n) is 12.8. The molecule has 0 bridgehead atoms. The fourth-order valence-electron chi connectivity index (χ4n) is 3.70. The summed E-state index contributed by atoms with van der Waals surface area (Å²) < 4.78 is 0. The van der Waals surface area contributed by atoms with E-state index in [1.165, 1.54) is 48.8 Å². The lowest BCUT2D eigenvalue weighted by Crippen LogP contribution is -2.27. The summed E-state index contributed by atoms with van der Waals surface area (Å²) in [7, 11) is 0. The van der Waals surface area contributed by atoms with Gasteiger partial charge in [0.05, 0.1) is 0 Å². The molecule has 0 aliphatic heterocycles. The Morgan fingerprint density at radius 3 is 2.32 bits per heavy atom. The average molecular weight is 323 g/mol.